The first-order valence-electron chi connectivity index (χ1n) is 9.34. The second kappa shape index (κ2) is 9.54. The summed E-state index contributed by atoms with van der Waals surface area (Å²) < 4.78 is 12.6. The maximum absolute atomic E-state index is 11.7. The second-order valence-electron chi connectivity index (χ2n) is 9.25. The number of hydrogen-bond acceptors (Lipinski definition) is 4. The summed E-state index contributed by atoms with van der Waals surface area (Å²) in [5.74, 6) is 0. The molecule has 5 nitrogen and oxygen atoms in total. The first kappa shape index (κ1) is 24.1. The van der Waals surface area contributed by atoms with E-state index in [0.717, 1.165) is 16.5 Å². The lowest BCUT2D eigenvalue weighted by molar-refractivity contribution is 0.0497. The number of carbonyl (C=O) groups excluding carboxylic acids is 1. The first-order valence-corrected chi connectivity index (χ1v) is 13.0. The van der Waals surface area contributed by atoms with E-state index < -0.39 is 20.0 Å². The van der Waals surface area contributed by atoms with Gasteiger partial charge in [0.05, 0.1) is 0 Å². The van der Waals surface area contributed by atoms with E-state index in [0.29, 0.717) is 13.2 Å². The molecule has 0 fully saturated rings. The van der Waals surface area contributed by atoms with Gasteiger partial charge in [-0.25, -0.2) is 10.2 Å². The molecule has 0 heterocycles. The van der Waals surface area contributed by atoms with E-state index in [1.807, 2.05) is 26.8 Å². The molecule has 0 saturated heterocycles. The van der Waals surface area contributed by atoms with Crippen molar-refractivity contribution in [3.05, 3.63) is 33.8 Å². The average molecular weight is 460 g/mol. The normalized spacial score (nSPS) is 12.8. The summed E-state index contributed by atoms with van der Waals surface area (Å²) in [5, 5.41) is 0.200. The number of halogens is 1. The highest BCUT2D eigenvalue weighted by molar-refractivity contribution is 9.10. The Hall–Kier alpha value is -0.893. The van der Waals surface area contributed by atoms with Crippen LogP contribution in [-0.4, -0.2) is 26.6 Å². The van der Waals surface area contributed by atoms with Crippen LogP contribution in [0.3, 0.4) is 0 Å². The van der Waals surface area contributed by atoms with Crippen LogP contribution in [0.5, 0.6) is 0 Å². The van der Waals surface area contributed by atoms with E-state index in [2.05, 4.69) is 72.8 Å². The van der Waals surface area contributed by atoms with Crippen LogP contribution in [0.2, 0.25) is 18.1 Å². The van der Waals surface area contributed by atoms with Gasteiger partial charge < -0.3 is 9.16 Å². The Kier molecular flexibility index (Phi) is 8.53. The van der Waals surface area contributed by atoms with Crippen molar-refractivity contribution in [2.45, 2.75) is 78.2 Å². The Morgan fingerprint density at radius 3 is 2.30 bits per heavy atom. The van der Waals surface area contributed by atoms with Crippen molar-refractivity contribution in [3.63, 3.8) is 0 Å². The van der Waals surface area contributed by atoms with Crippen molar-refractivity contribution in [2.24, 2.45) is 0 Å². The number of carbonyl (C=O) groups is 1. The van der Waals surface area contributed by atoms with Gasteiger partial charge in [-0.05, 0) is 68.6 Å². The summed E-state index contributed by atoms with van der Waals surface area (Å²) in [5.41, 5.74) is 7.32. The molecule has 0 spiro atoms. The molecule has 0 aliphatic heterocycles. The minimum absolute atomic E-state index is 0.200. The standard InChI is InChI=1S/C20H35BrN2O3Si/c1-19(2,3)26-18(24)23-22-14-16-9-10-17(21)13-15(16)11-12-25-27(7,8)20(4,5)6/h9-10,13,22H,11-12,14H2,1-8H3,(H,23,24). The highest BCUT2D eigenvalue weighted by Gasteiger charge is 2.36. The molecule has 0 unspecified atom stereocenters. The molecular weight excluding hydrogens is 424 g/mol. The Morgan fingerprint density at radius 1 is 1.11 bits per heavy atom. The first-order chi connectivity index (χ1) is 12.2. The van der Waals surface area contributed by atoms with Gasteiger partial charge in [-0.2, -0.15) is 0 Å². The molecule has 0 radical (unpaired) electrons. The summed E-state index contributed by atoms with van der Waals surface area (Å²) in [6, 6.07) is 6.16. The van der Waals surface area contributed by atoms with Crippen LogP contribution in [0.4, 0.5) is 4.79 Å². The molecule has 0 bridgehead atoms. The predicted octanol–water partition coefficient (Wildman–Crippen LogP) is 5.54. The van der Waals surface area contributed by atoms with Gasteiger partial charge in [0.15, 0.2) is 8.32 Å². The molecule has 0 aliphatic rings. The maximum atomic E-state index is 11.7. The second-order valence-corrected chi connectivity index (χ2v) is 15.0. The fraction of sp³-hybridized carbons (Fsp3) is 0.650. The van der Waals surface area contributed by atoms with Gasteiger partial charge in [0.25, 0.3) is 0 Å². The van der Waals surface area contributed by atoms with Gasteiger partial charge in [-0.1, -0.05) is 42.8 Å². The van der Waals surface area contributed by atoms with Crippen LogP contribution in [0, 0.1) is 0 Å². The van der Waals surface area contributed by atoms with Gasteiger partial charge in [0.2, 0.25) is 0 Å². The lowest BCUT2D eigenvalue weighted by atomic mass is 10.1. The fourth-order valence-electron chi connectivity index (χ4n) is 2.15. The van der Waals surface area contributed by atoms with Crippen molar-refractivity contribution < 1.29 is 14.0 Å². The van der Waals surface area contributed by atoms with Crippen molar-refractivity contribution >= 4 is 30.3 Å². The maximum Gasteiger partial charge on any atom is 0.422 e. The topological polar surface area (TPSA) is 59.6 Å². The van der Waals surface area contributed by atoms with E-state index in [1.165, 1.54) is 5.56 Å². The van der Waals surface area contributed by atoms with E-state index in [4.69, 9.17) is 9.16 Å². The number of ether oxygens (including phenoxy) is 1. The molecule has 1 aromatic rings. The summed E-state index contributed by atoms with van der Waals surface area (Å²) >= 11 is 3.54. The SMILES string of the molecule is CC(C)(C)OC(=O)NNCc1ccc(Br)cc1CCO[Si](C)(C)C(C)(C)C. The molecule has 1 aromatic carbocycles. The van der Waals surface area contributed by atoms with Crippen LogP contribution in [0.25, 0.3) is 0 Å². The highest BCUT2D eigenvalue weighted by atomic mass is 79.9. The number of rotatable bonds is 7. The third kappa shape index (κ3) is 8.77. The Balaban J connectivity index is 2.64. The summed E-state index contributed by atoms with van der Waals surface area (Å²) in [7, 11) is -1.75. The van der Waals surface area contributed by atoms with Crippen LogP contribution in [0.15, 0.2) is 22.7 Å². The quantitative estimate of drug-likeness (QED) is 0.415. The number of nitrogens with one attached hydrogen (secondary N) is 2. The van der Waals surface area contributed by atoms with Crippen LogP contribution >= 0.6 is 15.9 Å². The molecule has 154 valence electrons. The number of amides is 1. The van der Waals surface area contributed by atoms with Crippen molar-refractivity contribution in [3.8, 4) is 0 Å². The molecule has 1 amide bonds. The Labute approximate surface area is 173 Å². The molecule has 2 N–H and O–H groups in total. The van der Waals surface area contributed by atoms with Gasteiger partial charge >= 0.3 is 6.09 Å². The lowest BCUT2D eigenvalue weighted by Crippen LogP contribution is -2.41. The van der Waals surface area contributed by atoms with E-state index >= 15 is 0 Å². The van der Waals surface area contributed by atoms with E-state index in [-0.39, 0.29) is 5.04 Å². The van der Waals surface area contributed by atoms with Crippen molar-refractivity contribution in [1.29, 1.82) is 0 Å². The molecule has 0 aliphatic carbocycles. The fourth-order valence-corrected chi connectivity index (χ4v) is 3.60. The van der Waals surface area contributed by atoms with Gasteiger partial charge in [-0.3, -0.25) is 5.43 Å². The van der Waals surface area contributed by atoms with Crippen molar-refractivity contribution in [1.82, 2.24) is 10.9 Å². The number of benzene rings is 1. The molecule has 27 heavy (non-hydrogen) atoms. The predicted molar refractivity (Wildman–Crippen MR) is 117 cm³/mol. The van der Waals surface area contributed by atoms with E-state index in [9.17, 15) is 4.79 Å². The zero-order valence-corrected chi connectivity index (χ0v) is 20.5. The Bertz CT molecular complexity index is 637. The zero-order valence-electron chi connectivity index (χ0n) is 18.0. The molecule has 1 rings (SSSR count). The third-order valence-electron chi connectivity index (χ3n) is 4.68. The van der Waals surface area contributed by atoms with Gasteiger partial charge in [0.1, 0.15) is 5.60 Å². The van der Waals surface area contributed by atoms with Crippen LogP contribution in [-0.2, 0) is 22.1 Å². The molecule has 7 heteroatoms. The van der Waals surface area contributed by atoms with Crippen molar-refractivity contribution in [2.75, 3.05) is 6.61 Å². The third-order valence-corrected chi connectivity index (χ3v) is 9.71. The Morgan fingerprint density at radius 2 is 1.74 bits per heavy atom. The molecule has 0 aromatic heterocycles. The lowest BCUT2D eigenvalue weighted by Gasteiger charge is -2.36. The monoisotopic (exact) mass is 458 g/mol. The molecule has 0 saturated carbocycles. The summed E-state index contributed by atoms with van der Waals surface area (Å²) in [6.07, 6.45) is 0.345. The minimum Gasteiger partial charge on any atom is -0.443 e. The summed E-state index contributed by atoms with van der Waals surface area (Å²) in [4.78, 5) is 11.7. The van der Waals surface area contributed by atoms with Crippen LogP contribution in [0.1, 0.15) is 52.7 Å². The average Bonchev–Trinajstić information content (AvgIpc) is 2.46. The number of hydrazine groups is 1. The zero-order chi connectivity index (χ0) is 20.9. The van der Waals surface area contributed by atoms with Gasteiger partial charge in [-0.15, -0.1) is 0 Å². The van der Waals surface area contributed by atoms with Crippen LogP contribution < -0.4 is 10.9 Å². The largest absolute Gasteiger partial charge is 0.443 e. The minimum atomic E-state index is -1.75. The highest BCUT2D eigenvalue weighted by Crippen LogP contribution is 2.36. The van der Waals surface area contributed by atoms with Gasteiger partial charge in [0, 0.05) is 17.6 Å². The summed E-state index contributed by atoms with van der Waals surface area (Å²) in [6.45, 7) is 18.0. The van der Waals surface area contributed by atoms with E-state index in [1.54, 1.807) is 0 Å². The molecular formula is C20H35BrN2O3Si. The smallest absolute Gasteiger partial charge is 0.422 e. The molecule has 0 atom stereocenters. The number of hydrogen-bond donors (Lipinski definition) is 2.